The van der Waals surface area contributed by atoms with Crippen molar-refractivity contribution in [1.29, 1.82) is 0 Å². The van der Waals surface area contributed by atoms with E-state index in [1.54, 1.807) is 7.11 Å². The summed E-state index contributed by atoms with van der Waals surface area (Å²) in [7, 11) is 0.183. The lowest BCUT2D eigenvalue weighted by molar-refractivity contribution is 0.385. The van der Waals surface area contributed by atoms with Crippen LogP contribution in [-0.4, -0.2) is 15.4 Å². The molecule has 0 radical (unpaired) electrons. The van der Waals surface area contributed by atoms with Crippen LogP contribution >= 0.6 is 0 Å². The lowest BCUT2D eigenvalue weighted by Crippen LogP contribution is -2.26. The van der Waals surface area contributed by atoms with Crippen LogP contribution in [-0.2, 0) is 4.43 Å². The van der Waals surface area contributed by atoms with Crippen molar-refractivity contribution in [3.8, 4) is 5.75 Å². The van der Waals surface area contributed by atoms with Gasteiger partial charge in [-0.05, 0) is 62.2 Å². The molecular formula is C16H24O2Si. The Morgan fingerprint density at radius 3 is 2.16 bits per heavy atom. The Balaban J connectivity index is 2.30. The molecular weight excluding hydrogens is 252 g/mol. The number of methoxy groups -OCH3 is 1. The first-order valence-electron chi connectivity index (χ1n) is 7.05. The number of benzene rings is 1. The van der Waals surface area contributed by atoms with Gasteiger partial charge in [0.25, 0.3) is 0 Å². The molecule has 0 atom stereocenters. The quantitative estimate of drug-likeness (QED) is 0.733. The highest BCUT2D eigenvalue weighted by Crippen LogP contribution is 2.35. The Kier molecular flexibility index (Phi) is 4.35. The number of ether oxygens (including phenoxy) is 1. The van der Waals surface area contributed by atoms with Gasteiger partial charge in [-0.2, -0.15) is 0 Å². The van der Waals surface area contributed by atoms with Crippen LogP contribution in [0.2, 0.25) is 19.6 Å². The fourth-order valence-electron chi connectivity index (χ4n) is 2.46. The first kappa shape index (κ1) is 14.2. The van der Waals surface area contributed by atoms with Crippen LogP contribution in [0.3, 0.4) is 0 Å². The molecule has 1 aliphatic carbocycles. The molecule has 19 heavy (non-hydrogen) atoms. The highest BCUT2D eigenvalue weighted by Gasteiger charge is 2.22. The maximum Gasteiger partial charge on any atom is 0.241 e. The molecule has 0 unspecified atom stereocenters. The molecule has 0 aliphatic heterocycles. The van der Waals surface area contributed by atoms with Gasteiger partial charge < -0.3 is 9.16 Å². The van der Waals surface area contributed by atoms with Crippen molar-refractivity contribution in [2.24, 2.45) is 0 Å². The van der Waals surface area contributed by atoms with Gasteiger partial charge in [-0.1, -0.05) is 12.1 Å². The van der Waals surface area contributed by atoms with E-state index in [4.69, 9.17) is 9.16 Å². The lowest BCUT2D eigenvalue weighted by Gasteiger charge is -2.28. The number of hydrogen-bond acceptors (Lipinski definition) is 2. The van der Waals surface area contributed by atoms with Gasteiger partial charge in [-0.3, -0.25) is 0 Å². The Morgan fingerprint density at radius 2 is 1.58 bits per heavy atom. The van der Waals surface area contributed by atoms with Crippen molar-refractivity contribution >= 4 is 13.9 Å². The molecule has 0 bridgehead atoms. The van der Waals surface area contributed by atoms with Crippen LogP contribution in [0.4, 0.5) is 0 Å². The largest absolute Gasteiger partial charge is 0.547 e. The third-order valence-electron chi connectivity index (χ3n) is 3.29. The van der Waals surface area contributed by atoms with Crippen molar-refractivity contribution in [3.05, 3.63) is 35.6 Å². The SMILES string of the molecule is COc1ccc(C2=C(O[Si](C)(C)C)CCCC2)cc1. The average Bonchev–Trinajstić information content (AvgIpc) is 2.38. The maximum atomic E-state index is 6.29. The van der Waals surface area contributed by atoms with Gasteiger partial charge in [-0.15, -0.1) is 0 Å². The van der Waals surface area contributed by atoms with Gasteiger partial charge >= 0.3 is 0 Å². The van der Waals surface area contributed by atoms with Crippen molar-refractivity contribution in [2.75, 3.05) is 7.11 Å². The fraction of sp³-hybridized carbons (Fsp3) is 0.500. The monoisotopic (exact) mass is 276 g/mol. The first-order valence-corrected chi connectivity index (χ1v) is 10.5. The van der Waals surface area contributed by atoms with E-state index in [0.29, 0.717) is 0 Å². The van der Waals surface area contributed by atoms with Gasteiger partial charge in [0, 0.05) is 6.42 Å². The number of rotatable bonds is 4. The third kappa shape index (κ3) is 3.87. The molecule has 0 aromatic heterocycles. The molecule has 2 nitrogen and oxygen atoms in total. The van der Waals surface area contributed by atoms with Crippen molar-refractivity contribution in [2.45, 2.75) is 45.3 Å². The number of allylic oxidation sites excluding steroid dienone is 2. The smallest absolute Gasteiger partial charge is 0.241 e. The molecule has 0 heterocycles. The summed E-state index contributed by atoms with van der Waals surface area (Å²) in [6, 6.07) is 8.35. The van der Waals surface area contributed by atoms with E-state index in [0.717, 1.165) is 18.6 Å². The lowest BCUT2D eigenvalue weighted by atomic mass is 9.92. The fourth-order valence-corrected chi connectivity index (χ4v) is 3.42. The number of hydrogen-bond donors (Lipinski definition) is 0. The van der Waals surface area contributed by atoms with Crippen LogP contribution in [0, 0.1) is 0 Å². The highest BCUT2D eigenvalue weighted by molar-refractivity contribution is 6.70. The maximum absolute atomic E-state index is 6.29. The Morgan fingerprint density at radius 1 is 0.947 bits per heavy atom. The van der Waals surface area contributed by atoms with Crippen molar-refractivity contribution < 1.29 is 9.16 Å². The van der Waals surface area contributed by atoms with Crippen LogP contribution in [0.1, 0.15) is 31.2 Å². The van der Waals surface area contributed by atoms with Crippen LogP contribution in [0.5, 0.6) is 5.75 Å². The van der Waals surface area contributed by atoms with E-state index < -0.39 is 8.32 Å². The molecule has 0 spiro atoms. The van der Waals surface area contributed by atoms with E-state index in [2.05, 4.69) is 31.8 Å². The third-order valence-corrected chi connectivity index (χ3v) is 4.14. The average molecular weight is 276 g/mol. The zero-order chi connectivity index (χ0) is 13.9. The predicted molar refractivity (Wildman–Crippen MR) is 82.8 cm³/mol. The second-order valence-electron chi connectivity index (χ2n) is 6.05. The zero-order valence-corrected chi connectivity index (χ0v) is 13.5. The van der Waals surface area contributed by atoms with E-state index in [1.807, 2.05) is 12.1 Å². The molecule has 0 amide bonds. The Labute approximate surface area is 117 Å². The first-order chi connectivity index (χ1) is 8.99. The summed E-state index contributed by atoms with van der Waals surface area (Å²) in [6.45, 7) is 6.75. The van der Waals surface area contributed by atoms with Gasteiger partial charge in [0.15, 0.2) is 0 Å². The van der Waals surface area contributed by atoms with Crippen LogP contribution in [0.25, 0.3) is 5.57 Å². The highest BCUT2D eigenvalue weighted by atomic mass is 28.4. The second kappa shape index (κ2) is 5.82. The normalized spacial score (nSPS) is 16.4. The molecule has 1 aliphatic rings. The molecule has 0 fully saturated rings. The summed E-state index contributed by atoms with van der Waals surface area (Å²) in [5.74, 6) is 2.14. The predicted octanol–water partition coefficient (Wildman–Crippen LogP) is 4.83. The van der Waals surface area contributed by atoms with Crippen LogP contribution in [0.15, 0.2) is 30.0 Å². The molecule has 1 aromatic rings. The van der Waals surface area contributed by atoms with E-state index in [9.17, 15) is 0 Å². The van der Waals surface area contributed by atoms with Gasteiger partial charge in [-0.25, -0.2) is 0 Å². The molecule has 0 N–H and O–H groups in total. The van der Waals surface area contributed by atoms with Crippen molar-refractivity contribution in [3.63, 3.8) is 0 Å². The van der Waals surface area contributed by atoms with E-state index in [-0.39, 0.29) is 0 Å². The molecule has 2 rings (SSSR count). The summed E-state index contributed by atoms with van der Waals surface area (Å²) >= 11 is 0. The summed E-state index contributed by atoms with van der Waals surface area (Å²) in [5.41, 5.74) is 2.69. The van der Waals surface area contributed by atoms with E-state index in [1.165, 1.54) is 29.7 Å². The standard InChI is InChI=1S/C16H24O2Si/c1-17-14-11-9-13(10-12-14)15-7-5-6-8-16(15)18-19(2,3)4/h9-12H,5-8H2,1-4H3. The molecule has 0 saturated carbocycles. The summed E-state index contributed by atoms with van der Waals surface area (Å²) in [4.78, 5) is 0. The Bertz CT molecular complexity index is 455. The molecule has 3 heteroatoms. The molecule has 1 aromatic carbocycles. The topological polar surface area (TPSA) is 18.5 Å². The summed E-state index contributed by atoms with van der Waals surface area (Å²) < 4.78 is 11.5. The van der Waals surface area contributed by atoms with Crippen molar-refractivity contribution in [1.82, 2.24) is 0 Å². The van der Waals surface area contributed by atoms with Gasteiger partial charge in [0.1, 0.15) is 5.75 Å². The minimum Gasteiger partial charge on any atom is -0.547 e. The molecule has 0 saturated heterocycles. The van der Waals surface area contributed by atoms with E-state index >= 15 is 0 Å². The zero-order valence-electron chi connectivity index (χ0n) is 12.5. The van der Waals surface area contributed by atoms with Crippen LogP contribution < -0.4 is 4.74 Å². The summed E-state index contributed by atoms with van der Waals surface area (Å²) in [6.07, 6.45) is 4.73. The summed E-state index contributed by atoms with van der Waals surface area (Å²) in [5, 5.41) is 0. The second-order valence-corrected chi connectivity index (χ2v) is 10.5. The molecule has 104 valence electrons. The van der Waals surface area contributed by atoms with Gasteiger partial charge in [0.05, 0.1) is 12.9 Å². The minimum absolute atomic E-state index is 0.910. The minimum atomic E-state index is -1.52. The Hall–Kier alpha value is -1.22. The van der Waals surface area contributed by atoms with Gasteiger partial charge in [0.2, 0.25) is 8.32 Å².